The Kier molecular flexibility index (Phi) is 4.17. The van der Waals surface area contributed by atoms with Crippen LogP contribution in [0.2, 0.25) is 0 Å². The fourth-order valence-electron chi connectivity index (χ4n) is 2.80. The highest BCUT2D eigenvalue weighted by Gasteiger charge is 2.31. The van der Waals surface area contributed by atoms with Gasteiger partial charge in [-0.3, -0.25) is 4.79 Å². The Morgan fingerprint density at radius 1 is 1.26 bits per heavy atom. The molecule has 0 aromatic carbocycles. The number of aromatic nitrogens is 5. The number of hydrogen-bond acceptors (Lipinski definition) is 5. The summed E-state index contributed by atoms with van der Waals surface area (Å²) in [5.41, 5.74) is 1.36. The van der Waals surface area contributed by atoms with Gasteiger partial charge < -0.3 is 10.4 Å². The van der Waals surface area contributed by atoms with Crippen molar-refractivity contribution in [3.05, 3.63) is 78.5 Å². The van der Waals surface area contributed by atoms with Gasteiger partial charge in [-0.1, -0.05) is 6.07 Å². The van der Waals surface area contributed by atoms with E-state index in [1.807, 2.05) is 0 Å². The normalized spacial score (nSPS) is 10.9. The fourth-order valence-corrected chi connectivity index (χ4v) is 2.80. The topological polar surface area (TPSA) is 97.0 Å². The first-order chi connectivity index (χ1) is 13.1. The molecule has 0 spiro atoms. The average Bonchev–Trinajstić information content (AvgIpc) is 2.94. The fraction of sp³-hybridized carbons (Fsp3) is 0.0556. The molecule has 0 aliphatic heterocycles. The number of carbonyl (C=O) groups is 1. The molecule has 4 aromatic heterocycles. The highest BCUT2D eigenvalue weighted by atomic mass is 19.1. The lowest BCUT2D eigenvalue weighted by atomic mass is 10.3. The molecule has 0 saturated heterocycles. The van der Waals surface area contributed by atoms with Gasteiger partial charge >= 0.3 is 11.8 Å². The van der Waals surface area contributed by atoms with E-state index in [0.717, 1.165) is 11.6 Å². The first-order valence-electron chi connectivity index (χ1n) is 8.02. The molecule has 0 bridgehead atoms. The molecule has 2 N–H and O–H groups in total. The quantitative estimate of drug-likeness (QED) is 0.535. The molecule has 4 heterocycles. The molecule has 0 saturated carbocycles. The van der Waals surface area contributed by atoms with E-state index in [4.69, 9.17) is 0 Å². The summed E-state index contributed by atoms with van der Waals surface area (Å²) in [5, 5.41) is 13.2. The number of anilines is 1. The Labute approximate surface area is 152 Å². The van der Waals surface area contributed by atoms with Crippen LogP contribution < -0.4 is 9.72 Å². The maximum Gasteiger partial charge on any atom is 0.337 e. The average molecular weight is 365 g/mol. The molecule has 9 heteroatoms. The summed E-state index contributed by atoms with van der Waals surface area (Å²) in [7, 11) is 0. The minimum absolute atomic E-state index is 0.00788. The van der Waals surface area contributed by atoms with Crippen molar-refractivity contribution < 1.29 is 18.7 Å². The molecular weight excluding hydrogens is 351 g/mol. The molecule has 27 heavy (non-hydrogen) atoms. The Balaban J connectivity index is 1.76. The SMILES string of the molecule is O=C(Nc1cc(F)ccn1)c1c(O)n(Cc2cncnc2)c2cccc[n+]12. The molecule has 8 nitrogen and oxygen atoms in total. The number of hydrogen-bond donors (Lipinski definition) is 2. The molecule has 134 valence electrons. The second kappa shape index (κ2) is 6.79. The largest absolute Gasteiger partial charge is 0.474 e. The predicted molar refractivity (Wildman–Crippen MR) is 92.5 cm³/mol. The first kappa shape index (κ1) is 16.6. The number of pyridine rings is 2. The van der Waals surface area contributed by atoms with Gasteiger partial charge in [0.15, 0.2) is 0 Å². The van der Waals surface area contributed by atoms with Crippen LogP contribution in [0.15, 0.2) is 61.4 Å². The summed E-state index contributed by atoms with van der Waals surface area (Å²) in [6, 6.07) is 7.57. The molecular formula is C18H14FN6O2+. The van der Waals surface area contributed by atoms with Crippen molar-refractivity contribution in [1.82, 2.24) is 19.5 Å². The Hall–Kier alpha value is -3.88. The Morgan fingerprint density at radius 3 is 2.85 bits per heavy atom. The summed E-state index contributed by atoms with van der Waals surface area (Å²) in [6.07, 6.45) is 7.57. The zero-order valence-electron chi connectivity index (χ0n) is 14.0. The summed E-state index contributed by atoms with van der Waals surface area (Å²) < 4.78 is 16.4. The maximum absolute atomic E-state index is 13.3. The highest BCUT2D eigenvalue weighted by Crippen LogP contribution is 2.21. The zero-order valence-corrected chi connectivity index (χ0v) is 14.0. The highest BCUT2D eigenvalue weighted by molar-refractivity contribution is 6.03. The smallest absolute Gasteiger partial charge is 0.337 e. The molecule has 0 fully saturated rings. The number of rotatable bonds is 4. The molecule has 1 amide bonds. The van der Waals surface area contributed by atoms with Crippen LogP contribution in [0.3, 0.4) is 0 Å². The maximum atomic E-state index is 13.3. The van der Waals surface area contributed by atoms with Crippen molar-refractivity contribution >= 4 is 17.4 Å². The second-order valence-electron chi connectivity index (χ2n) is 5.75. The standard InChI is InChI=1S/C18H13FN6O2/c19-13-4-5-22-14(7-13)23-17(26)16-18(27)25(10-12-8-20-11-21-9-12)15-3-1-2-6-24(15)16/h1-9,11H,10H2,(H-,22,23,26,27)/p+1. The third-order valence-corrected chi connectivity index (χ3v) is 3.96. The number of nitrogens with zero attached hydrogens (tertiary/aromatic N) is 5. The van der Waals surface area contributed by atoms with Gasteiger partial charge in [0.25, 0.3) is 11.3 Å². The number of carbonyl (C=O) groups excluding carboxylic acids is 1. The summed E-state index contributed by atoms with van der Waals surface area (Å²) in [6.45, 7) is 0.270. The van der Waals surface area contributed by atoms with Crippen LogP contribution in [0.1, 0.15) is 16.1 Å². The van der Waals surface area contributed by atoms with Gasteiger partial charge in [-0.15, -0.1) is 0 Å². The lowest BCUT2D eigenvalue weighted by Gasteiger charge is -2.01. The lowest BCUT2D eigenvalue weighted by Crippen LogP contribution is -2.30. The van der Waals surface area contributed by atoms with Gasteiger partial charge in [0.1, 0.15) is 24.5 Å². The van der Waals surface area contributed by atoms with Crippen LogP contribution in [0.4, 0.5) is 10.2 Å². The van der Waals surface area contributed by atoms with E-state index in [0.29, 0.717) is 5.65 Å². The number of halogens is 1. The van der Waals surface area contributed by atoms with Crippen LogP contribution in [-0.2, 0) is 6.54 Å². The minimum Gasteiger partial charge on any atom is -0.474 e. The van der Waals surface area contributed by atoms with Gasteiger partial charge in [-0.2, -0.15) is 8.97 Å². The van der Waals surface area contributed by atoms with Crippen molar-refractivity contribution in [1.29, 1.82) is 0 Å². The van der Waals surface area contributed by atoms with Crippen molar-refractivity contribution in [2.45, 2.75) is 6.54 Å². The van der Waals surface area contributed by atoms with Crippen LogP contribution in [-0.4, -0.2) is 30.5 Å². The van der Waals surface area contributed by atoms with Crippen molar-refractivity contribution in [2.24, 2.45) is 0 Å². The van der Waals surface area contributed by atoms with E-state index in [-0.39, 0.29) is 23.9 Å². The van der Waals surface area contributed by atoms with E-state index in [1.165, 1.54) is 18.6 Å². The summed E-state index contributed by atoms with van der Waals surface area (Å²) >= 11 is 0. The van der Waals surface area contributed by atoms with Gasteiger partial charge in [0.2, 0.25) is 0 Å². The first-order valence-corrected chi connectivity index (χ1v) is 8.02. The molecule has 0 radical (unpaired) electrons. The zero-order chi connectivity index (χ0) is 18.8. The third-order valence-electron chi connectivity index (χ3n) is 3.96. The van der Waals surface area contributed by atoms with E-state index in [1.54, 1.807) is 45.8 Å². The van der Waals surface area contributed by atoms with E-state index < -0.39 is 11.7 Å². The van der Waals surface area contributed by atoms with Crippen molar-refractivity contribution in [2.75, 3.05) is 5.32 Å². The van der Waals surface area contributed by atoms with Crippen LogP contribution in [0, 0.1) is 5.82 Å². The van der Waals surface area contributed by atoms with Gasteiger partial charge in [-0.05, 0) is 12.1 Å². The second-order valence-corrected chi connectivity index (χ2v) is 5.75. The summed E-state index contributed by atoms with van der Waals surface area (Å²) in [4.78, 5) is 24.6. The molecule has 4 aromatic rings. The number of imidazole rings is 1. The minimum atomic E-state index is -0.616. The van der Waals surface area contributed by atoms with Crippen molar-refractivity contribution in [3.63, 3.8) is 0 Å². The monoisotopic (exact) mass is 365 g/mol. The molecule has 0 aliphatic carbocycles. The number of nitrogens with one attached hydrogen (secondary N) is 1. The lowest BCUT2D eigenvalue weighted by molar-refractivity contribution is -0.513. The van der Waals surface area contributed by atoms with Crippen LogP contribution in [0.25, 0.3) is 5.65 Å². The summed E-state index contributed by atoms with van der Waals surface area (Å²) in [5.74, 6) is -1.33. The number of fused-ring (bicyclic) bond motifs is 1. The van der Waals surface area contributed by atoms with Gasteiger partial charge in [-0.25, -0.2) is 19.3 Å². The molecule has 0 atom stereocenters. The van der Waals surface area contributed by atoms with Crippen LogP contribution in [0.5, 0.6) is 5.88 Å². The molecule has 4 rings (SSSR count). The van der Waals surface area contributed by atoms with Crippen molar-refractivity contribution in [3.8, 4) is 5.88 Å². The Morgan fingerprint density at radius 2 is 2.07 bits per heavy atom. The van der Waals surface area contributed by atoms with Gasteiger partial charge in [0.05, 0.1) is 6.20 Å². The van der Waals surface area contributed by atoms with E-state index >= 15 is 0 Å². The molecule has 0 aliphatic rings. The predicted octanol–water partition coefficient (Wildman–Crippen LogP) is 1.56. The molecule has 0 unspecified atom stereocenters. The van der Waals surface area contributed by atoms with E-state index in [2.05, 4.69) is 20.3 Å². The van der Waals surface area contributed by atoms with Crippen LogP contribution >= 0.6 is 0 Å². The number of aromatic hydroxyl groups is 1. The Bertz CT molecular complexity index is 1130. The number of amides is 1. The van der Waals surface area contributed by atoms with Gasteiger partial charge in [0, 0.05) is 36.3 Å². The third kappa shape index (κ3) is 3.17. The van der Waals surface area contributed by atoms with E-state index in [9.17, 15) is 14.3 Å².